The minimum atomic E-state index is 0.674. The molecule has 0 saturated carbocycles. The predicted octanol–water partition coefficient (Wildman–Crippen LogP) is 3.41. The van der Waals surface area contributed by atoms with Gasteiger partial charge in [-0.25, -0.2) is 0 Å². The topological polar surface area (TPSA) is 17.0 Å². The largest absolute Gasteiger partial charge is 0.346 e. The number of hydrogen-bond donors (Lipinski definition) is 1. The van der Waals surface area contributed by atoms with Crippen LogP contribution in [0.15, 0.2) is 30.5 Å². The first-order valence-electron chi connectivity index (χ1n) is 6.93. The first-order valence-corrected chi connectivity index (χ1v) is 6.93. The van der Waals surface area contributed by atoms with Crippen LogP contribution in [0.1, 0.15) is 25.8 Å². The van der Waals surface area contributed by atoms with Crippen molar-refractivity contribution in [2.75, 3.05) is 6.54 Å². The molecule has 2 nitrogen and oxygen atoms in total. The van der Waals surface area contributed by atoms with E-state index in [0.29, 0.717) is 5.92 Å². The molecule has 0 atom stereocenters. The van der Waals surface area contributed by atoms with Crippen molar-refractivity contribution in [2.45, 2.75) is 33.4 Å². The fraction of sp³-hybridized carbons (Fsp3) is 0.412. The SMILES string of the molecule is C#CCCn1ccc2cccc(CNCC(C)C)c21. The van der Waals surface area contributed by atoms with Gasteiger partial charge in [-0.05, 0) is 29.5 Å². The molecule has 2 aromatic rings. The molecule has 1 aromatic carbocycles. The first-order chi connectivity index (χ1) is 9.22. The molecule has 0 amide bonds. The number of benzene rings is 1. The lowest BCUT2D eigenvalue weighted by atomic mass is 10.1. The van der Waals surface area contributed by atoms with Gasteiger partial charge in [0.2, 0.25) is 0 Å². The highest BCUT2D eigenvalue weighted by Crippen LogP contribution is 2.20. The third-order valence-corrected chi connectivity index (χ3v) is 3.24. The average molecular weight is 254 g/mol. The summed E-state index contributed by atoms with van der Waals surface area (Å²) in [5.41, 5.74) is 2.66. The number of para-hydroxylation sites is 1. The highest BCUT2D eigenvalue weighted by Gasteiger charge is 2.06. The maximum absolute atomic E-state index is 5.37. The Morgan fingerprint density at radius 1 is 1.32 bits per heavy atom. The molecule has 0 unspecified atom stereocenters. The zero-order valence-electron chi connectivity index (χ0n) is 11.8. The third-order valence-electron chi connectivity index (χ3n) is 3.24. The van der Waals surface area contributed by atoms with Gasteiger partial charge in [-0.1, -0.05) is 32.0 Å². The van der Waals surface area contributed by atoms with Crippen molar-refractivity contribution in [1.82, 2.24) is 9.88 Å². The maximum Gasteiger partial charge on any atom is 0.0526 e. The maximum atomic E-state index is 5.37. The molecule has 0 fully saturated rings. The van der Waals surface area contributed by atoms with E-state index in [-0.39, 0.29) is 0 Å². The zero-order chi connectivity index (χ0) is 13.7. The standard InChI is InChI=1S/C17H22N2/c1-4-5-10-19-11-9-15-7-6-8-16(17(15)19)13-18-12-14(2)3/h1,6-9,11,14,18H,5,10,12-13H2,2-3H3. The van der Waals surface area contributed by atoms with E-state index in [1.165, 1.54) is 16.5 Å². The van der Waals surface area contributed by atoms with Crippen molar-refractivity contribution >= 4 is 10.9 Å². The first kappa shape index (κ1) is 13.7. The Morgan fingerprint density at radius 2 is 2.16 bits per heavy atom. The lowest BCUT2D eigenvalue weighted by Gasteiger charge is -2.11. The van der Waals surface area contributed by atoms with Crippen LogP contribution in [0.2, 0.25) is 0 Å². The molecule has 19 heavy (non-hydrogen) atoms. The van der Waals surface area contributed by atoms with Crippen molar-refractivity contribution in [3.63, 3.8) is 0 Å². The summed E-state index contributed by atoms with van der Waals surface area (Å²) < 4.78 is 2.27. The summed E-state index contributed by atoms with van der Waals surface area (Å²) in [4.78, 5) is 0. The van der Waals surface area contributed by atoms with Gasteiger partial charge in [0.25, 0.3) is 0 Å². The highest BCUT2D eigenvalue weighted by molar-refractivity contribution is 5.83. The Balaban J connectivity index is 2.22. The summed E-state index contributed by atoms with van der Waals surface area (Å²) in [6.07, 6.45) is 8.27. The van der Waals surface area contributed by atoms with Gasteiger partial charge < -0.3 is 9.88 Å². The highest BCUT2D eigenvalue weighted by atomic mass is 15.0. The molecule has 0 radical (unpaired) electrons. The van der Waals surface area contributed by atoms with Crippen LogP contribution in [0.5, 0.6) is 0 Å². The molecule has 0 aliphatic rings. The Morgan fingerprint density at radius 3 is 2.89 bits per heavy atom. The van der Waals surface area contributed by atoms with E-state index in [4.69, 9.17) is 6.42 Å². The average Bonchev–Trinajstić information content (AvgIpc) is 2.80. The van der Waals surface area contributed by atoms with Gasteiger partial charge in [-0.3, -0.25) is 0 Å². The third kappa shape index (κ3) is 3.39. The molecule has 0 spiro atoms. The summed E-state index contributed by atoms with van der Waals surface area (Å²) >= 11 is 0. The number of nitrogens with zero attached hydrogens (tertiary/aromatic N) is 1. The van der Waals surface area contributed by atoms with Crippen LogP contribution >= 0.6 is 0 Å². The summed E-state index contributed by atoms with van der Waals surface area (Å²) in [5, 5.41) is 4.81. The van der Waals surface area contributed by atoms with Crippen molar-refractivity contribution in [1.29, 1.82) is 0 Å². The number of nitrogens with one attached hydrogen (secondary N) is 1. The van der Waals surface area contributed by atoms with Crippen LogP contribution < -0.4 is 5.32 Å². The smallest absolute Gasteiger partial charge is 0.0526 e. The zero-order valence-corrected chi connectivity index (χ0v) is 11.8. The van der Waals surface area contributed by atoms with Crippen molar-refractivity contribution < 1.29 is 0 Å². The van der Waals surface area contributed by atoms with Crippen LogP contribution in [0.3, 0.4) is 0 Å². The second-order valence-corrected chi connectivity index (χ2v) is 5.34. The monoisotopic (exact) mass is 254 g/mol. The fourth-order valence-electron chi connectivity index (χ4n) is 2.35. The minimum absolute atomic E-state index is 0.674. The van der Waals surface area contributed by atoms with E-state index in [9.17, 15) is 0 Å². The lowest BCUT2D eigenvalue weighted by Crippen LogP contribution is -2.19. The van der Waals surface area contributed by atoms with E-state index in [0.717, 1.165) is 26.1 Å². The van der Waals surface area contributed by atoms with Gasteiger partial charge in [0.1, 0.15) is 0 Å². The molecule has 0 bridgehead atoms. The quantitative estimate of drug-likeness (QED) is 0.782. The molecule has 1 heterocycles. The normalized spacial score (nSPS) is 11.1. The number of fused-ring (bicyclic) bond motifs is 1. The molecule has 1 aromatic heterocycles. The second kappa shape index (κ2) is 6.45. The molecule has 0 aliphatic carbocycles. The summed E-state index contributed by atoms with van der Waals surface area (Å²) in [6, 6.07) is 8.65. The van der Waals surface area contributed by atoms with Crippen molar-refractivity contribution in [3.8, 4) is 12.3 Å². The van der Waals surface area contributed by atoms with Gasteiger partial charge in [0, 0.05) is 25.7 Å². The number of terminal acetylenes is 1. The van der Waals surface area contributed by atoms with Crippen molar-refractivity contribution in [3.05, 3.63) is 36.0 Å². The summed E-state index contributed by atoms with van der Waals surface area (Å²) in [7, 11) is 0. The van der Waals surface area contributed by atoms with Gasteiger partial charge >= 0.3 is 0 Å². The van der Waals surface area contributed by atoms with Crippen LogP contribution in [0.4, 0.5) is 0 Å². The molecule has 0 aliphatic heterocycles. The van der Waals surface area contributed by atoms with Crippen LogP contribution in [0.25, 0.3) is 10.9 Å². The predicted molar refractivity (Wildman–Crippen MR) is 81.9 cm³/mol. The minimum Gasteiger partial charge on any atom is -0.346 e. The molecule has 100 valence electrons. The van der Waals surface area contributed by atoms with E-state index >= 15 is 0 Å². The molecule has 1 N–H and O–H groups in total. The van der Waals surface area contributed by atoms with E-state index in [1.807, 2.05) is 0 Å². The second-order valence-electron chi connectivity index (χ2n) is 5.34. The van der Waals surface area contributed by atoms with Crippen LogP contribution in [-0.2, 0) is 13.1 Å². The van der Waals surface area contributed by atoms with Gasteiger partial charge in [-0.2, -0.15) is 0 Å². The lowest BCUT2D eigenvalue weighted by molar-refractivity contribution is 0.552. The van der Waals surface area contributed by atoms with Gasteiger partial charge in [0.15, 0.2) is 0 Å². The summed E-state index contributed by atoms with van der Waals surface area (Å²) in [6.45, 7) is 7.30. The van der Waals surface area contributed by atoms with Crippen LogP contribution in [-0.4, -0.2) is 11.1 Å². The number of hydrogen-bond acceptors (Lipinski definition) is 1. The molecule has 2 heteroatoms. The van der Waals surface area contributed by atoms with Crippen molar-refractivity contribution in [2.24, 2.45) is 5.92 Å². The van der Waals surface area contributed by atoms with E-state index in [2.05, 4.69) is 60.1 Å². The number of aryl methyl sites for hydroxylation is 1. The Bertz CT molecular complexity index is 572. The molecular weight excluding hydrogens is 232 g/mol. The summed E-state index contributed by atoms with van der Waals surface area (Å²) in [5.74, 6) is 3.39. The van der Waals surface area contributed by atoms with E-state index < -0.39 is 0 Å². The molecule has 0 saturated heterocycles. The number of aromatic nitrogens is 1. The Kier molecular flexibility index (Phi) is 4.65. The Labute approximate surface area is 115 Å². The van der Waals surface area contributed by atoms with Gasteiger partial charge in [-0.15, -0.1) is 12.3 Å². The molecule has 2 rings (SSSR count). The van der Waals surface area contributed by atoms with Crippen LogP contribution in [0, 0.1) is 18.3 Å². The molecular formula is C17H22N2. The van der Waals surface area contributed by atoms with Gasteiger partial charge in [0.05, 0.1) is 5.52 Å². The number of rotatable bonds is 6. The Hall–Kier alpha value is -1.72. The fourth-order valence-corrected chi connectivity index (χ4v) is 2.35. The van der Waals surface area contributed by atoms with E-state index in [1.54, 1.807) is 0 Å².